The Morgan fingerprint density at radius 2 is 1.90 bits per heavy atom. The van der Waals surface area contributed by atoms with E-state index >= 15 is 0 Å². The zero-order valence-corrected chi connectivity index (χ0v) is 12.6. The highest BCUT2D eigenvalue weighted by molar-refractivity contribution is 5.99. The Bertz CT molecular complexity index is 576. The summed E-state index contributed by atoms with van der Waals surface area (Å²) in [6, 6.07) is 8.09. The van der Waals surface area contributed by atoms with Crippen LogP contribution in [0.15, 0.2) is 58.5 Å². The second-order valence-electron chi connectivity index (χ2n) is 4.71. The van der Waals surface area contributed by atoms with Crippen molar-refractivity contribution in [2.75, 3.05) is 0 Å². The predicted octanol–water partition coefficient (Wildman–Crippen LogP) is 3.10. The summed E-state index contributed by atoms with van der Waals surface area (Å²) in [5, 5.41) is 4.30. The van der Waals surface area contributed by atoms with E-state index in [4.69, 9.17) is 5.73 Å². The van der Waals surface area contributed by atoms with Gasteiger partial charge in [-0.2, -0.15) is 5.10 Å². The van der Waals surface area contributed by atoms with E-state index in [1.165, 1.54) is 5.56 Å². The number of rotatable bonds is 5. The molecule has 0 saturated carbocycles. The SMILES string of the molecule is C=C(N=C(C)/C=C(/C)N)N/N=C(\C)c1ccccc1C. The summed E-state index contributed by atoms with van der Waals surface area (Å²) in [5.41, 5.74) is 13.1. The number of hydrogen-bond acceptors (Lipinski definition) is 4. The third-order valence-electron chi connectivity index (χ3n) is 2.64. The smallest absolute Gasteiger partial charge is 0.139 e. The molecule has 0 spiro atoms. The van der Waals surface area contributed by atoms with Gasteiger partial charge in [0.1, 0.15) is 5.82 Å². The van der Waals surface area contributed by atoms with Crippen LogP contribution < -0.4 is 11.2 Å². The van der Waals surface area contributed by atoms with Gasteiger partial charge in [-0.05, 0) is 39.3 Å². The number of nitrogens with one attached hydrogen (secondary N) is 1. The summed E-state index contributed by atoms with van der Waals surface area (Å²) >= 11 is 0. The van der Waals surface area contributed by atoms with Crippen LogP contribution in [0.4, 0.5) is 0 Å². The van der Waals surface area contributed by atoms with Gasteiger partial charge in [-0.1, -0.05) is 30.8 Å². The van der Waals surface area contributed by atoms with Crippen LogP contribution in [-0.2, 0) is 0 Å². The summed E-state index contributed by atoms with van der Waals surface area (Å²) in [6.45, 7) is 11.5. The minimum absolute atomic E-state index is 0.480. The predicted molar refractivity (Wildman–Crippen MR) is 86.7 cm³/mol. The number of aliphatic imine (C=N–C) groups is 1. The van der Waals surface area contributed by atoms with Crippen LogP contribution in [-0.4, -0.2) is 11.4 Å². The second-order valence-corrected chi connectivity index (χ2v) is 4.71. The van der Waals surface area contributed by atoms with Crippen LogP contribution in [0, 0.1) is 6.92 Å². The van der Waals surface area contributed by atoms with Gasteiger partial charge in [0.15, 0.2) is 0 Å². The van der Waals surface area contributed by atoms with Crippen LogP contribution in [0.25, 0.3) is 0 Å². The van der Waals surface area contributed by atoms with Crippen LogP contribution in [0.3, 0.4) is 0 Å². The first kappa shape index (κ1) is 15.7. The lowest BCUT2D eigenvalue weighted by molar-refractivity contribution is 0.875. The molecule has 0 aliphatic rings. The van der Waals surface area contributed by atoms with E-state index in [0.717, 1.165) is 17.0 Å². The lowest BCUT2D eigenvalue weighted by Crippen LogP contribution is -2.09. The molecule has 4 heteroatoms. The Balaban J connectivity index is 2.76. The van der Waals surface area contributed by atoms with Gasteiger partial charge in [-0.15, -0.1) is 0 Å². The molecule has 20 heavy (non-hydrogen) atoms. The molecule has 0 atom stereocenters. The molecule has 0 aliphatic heterocycles. The molecular formula is C16H22N4. The number of aryl methyl sites for hydroxylation is 1. The summed E-state index contributed by atoms with van der Waals surface area (Å²) in [4.78, 5) is 4.25. The standard InChI is InChI=1S/C16H22N4/c1-11-8-6-7-9-16(11)14(4)19-20-15(5)18-13(3)10-12(2)17/h6-10,20H,5,17H2,1-4H3/b12-10-,18-13?,19-14+. The van der Waals surface area contributed by atoms with Gasteiger partial charge in [0.05, 0.1) is 5.71 Å². The Kier molecular flexibility index (Phi) is 5.72. The summed E-state index contributed by atoms with van der Waals surface area (Å²) in [7, 11) is 0. The van der Waals surface area contributed by atoms with Gasteiger partial charge in [0.2, 0.25) is 0 Å². The van der Waals surface area contributed by atoms with Crippen molar-refractivity contribution in [3.05, 3.63) is 59.6 Å². The van der Waals surface area contributed by atoms with Crippen LogP contribution in [0.5, 0.6) is 0 Å². The monoisotopic (exact) mass is 270 g/mol. The molecule has 0 amide bonds. The third-order valence-corrected chi connectivity index (χ3v) is 2.64. The van der Waals surface area contributed by atoms with Crippen molar-refractivity contribution >= 4 is 11.4 Å². The van der Waals surface area contributed by atoms with Crippen molar-refractivity contribution in [1.29, 1.82) is 0 Å². The van der Waals surface area contributed by atoms with Crippen molar-refractivity contribution in [1.82, 2.24) is 5.43 Å². The van der Waals surface area contributed by atoms with E-state index in [1.807, 2.05) is 39.0 Å². The maximum absolute atomic E-state index is 5.59. The maximum Gasteiger partial charge on any atom is 0.139 e. The van der Waals surface area contributed by atoms with Gasteiger partial charge in [-0.3, -0.25) is 5.43 Å². The van der Waals surface area contributed by atoms with Crippen LogP contribution in [0.2, 0.25) is 0 Å². The molecule has 0 saturated heterocycles. The molecule has 0 bridgehead atoms. The molecule has 1 aromatic carbocycles. The number of nitrogens with two attached hydrogens (primary N) is 1. The summed E-state index contributed by atoms with van der Waals surface area (Å²) in [5.74, 6) is 0.480. The molecule has 3 N–H and O–H groups in total. The molecule has 0 unspecified atom stereocenters. The van der Waals surface area contributed by atoms with Crippen molar-refractivity contribution in [2.45, 2.75) is 27.7 Å². The highest BCUT2D eigenvalue weighted by atomic mass is 15.3. The van der Waals surface area contributed by atoms with Crippen molar-refractivity contribution < 1.29 is 0 Å². The average Bonchev–Trinajstić information content (AvgIpc) is 2.35. The summed E-state index contributed by atoms with van der Waals surface area (Å²) < 4.78 is 0. The Labute approximate surface area is 120 Å². The molecule has 1 aromatic rings. The Hall–Kier alpha value is -2.36. The van der Waals surface area contributed by atoms with E-state index in [9.17, 15) is 0 Å². The minimum Gasteiger partial charge on any atom is -0.402 e. The van der Waals surface area contributed by atoms with Gasteiger partial charge < -0.3 is 5.73 Å². The van der Waals surface area contributed by atoms with Crippen molar-refractivity contribution in [3.8, 4) is 0 Å². The molecule has 0 fully saturated rings. The number of nitrogens with zero attached hydrogens (tertiary/aromatic N) is 2. The van der Waals surface area contributed by atoms with Gasteiger partial charge >= 0.3 is 0 Å². The number of allylic oxidation sites excluding steroid dienone is 2. The molecule has 0 radical (unpaired) electrons. The van der Waals surface area contributed by atoms with Crippen LogP contribution in [0.1, 0.15) is 31.9 Å². The first-order valence-corrected chi connectivity index (χ1v) is 6.44. The van der Waals surface area contributed by atoms with Crippen molar-refractivity contribution in [3.63, 3.8) is 0 Å². The maximum atomic E-state index is 5.59. The Morgan fingerprint density at radius 1 is 1.25 bits per heavy atom. The Morgan fingerprint density at radius 3 is 2.50 bits per heavy atom. The van der Waals surface area contributed by atoms with Gasteiger partial charge in [-0.25, -0.2) is 4.99 Å². The van der Waals surface area contributed by atoms with E-state index in [1.54, 1.807) is 6.08 Å². The number of hydrogen-bond donors (Lipinski definition) is 2. The molecule has 0 aromatic heterocycles. The van der Waals surface area contributed by atoms with Crippen LogP contribution >= 0.6 is 0 Å². The van der Waals surface area contributed by atoms with Crippen molar-refractivity contribution in [2.24, 2.45) is 15.8 Å². The summed E-state index contributed by atoms with van der Waals surface area (Å²) in [6.07, 6.45) is 1.78. The quantitative estimate of drug-likeness (QED) is 0.638. The molecular weight excluding hydrogens is 248 g/mol. The first-order valence-electron chi connectivity index (χ1n) is 6.44. The third kappa shape index (κ3) is 5.10. The van der Waals surface area contributed by atoms with Gasteiger partial charge in [0, 0.05) is 17.0 Å². The number of benzene rings is 1. The molecule has 0 heterocycles. The molecule has 106 valence electrons. The van der Waals surface area contributed by atoms with Gasteiger partial charge in [0.25, 0.3) is 0 Å². The zero-order valence-electron chi connectivity index (χ0n) is 12.6. The zero-order chi connectivity index (χ0) is 15.1. The topological polar surface area (TPSA) is 62.8 Å². The van der Waals surface area contributed by atoms with E-state index in [0.29, 0.717) is 11.5 Å². The fourth-order valence-corrected chi connectivity index (χ4v) is 1.79. The lowest BCUT2D eigenvalue weighted by Gasteiger charge is -2.06. The highest BCUT2D eigenvalue weighted by Gasteiger charge is 2.00. The lowest BCUT2D eigenvalue weighted by atomic mass is 10.1. The van der Waals surface area contributed by atoms with E-state index in [-0.39, 0.29) is 0 Å². The molecule has 0 aliphatic carbocycles. The second kappa shape index (κ2) is 7.28. The fourth-order valence-electron chi connectivity index (χ4n) is 1.79. The van der Waals surface area contributed by atoms with E-state index in [2.05, 4.69) is 35.1 Å². The molecule has 1 rings (SSSR count). The van der Waals surface area contributed by atoms with E-state index < -0.39 is 0 Å². The molecule has 4 nitrogen and oxygen atoms in total. The average molecular weight is 270 g/mol. The number of hydrazone groups is 1. The highest BCUT2D eigenvalue weighted by Crippen LogP contribution is 2.08. The minimum atomic E-state index is 0.480. The largest absolute Gasteiger partial charge is 0.402 e. The normalized spacial score (nSPS) is 13.3. The first-order chi connectivity index (χ1) is 9.40. The fraction of sp³-hybridized carbons (Fsp3) is 0.250.